The summed E-state index contributed by atoms with van der Waals surface area (Å²) in [7, 11) is 5.16. The molecule has 0 amide bonds. The summed E-state index contributed by atoms with van der Waals surface area (Å²) in [5.74, 6) is 1.53. The summed E-state index contributed by atoms with van der Waals surface area (Å²) in [6.45, 7) is 4.04. The quantitative estimate of drug-likeness (QED) is 0.437. The van der Waals surface area contributed by atoms with Gasteiger partial charge >= 0.3 is 0 Å². The molecule has 1 N–H and O–H groups in total. The van der Waals surface area contributed by atoms with Crippen LogP contribution in [0.1, 0.15) is 25.0 Å². The Kier molecular flexibility index (Phi) is 8.48. The third kappa shape index (κ3) is 6.51. The van der Waals surface area contributed by atoms with Crippen LogP contribution in [0, 0.1) is 0 Å². The van der Waals surface area contributed by atoms with Gasteiger partial charge in [-0.05, 0) is 25.3 Å². The topological polar surface area (TPSA) is 68.2 Å². The summed E-state index contributed by atoms with van der Waals surface area (Å²) in [4.78, 5) is 11.1. The largest absolute Gasteiger partial charge is 0.481 e. The highest BCUT2D eigenvalue weighted by molar-refractivity contribution is 5.79. The SMILES string of the molecule is CN=C(NCc1cccc(OC)n1)N1CCC(OCCCOC)CC1. The van der Waals surface area contributed by atoms with Crippen LogP contribution in [0.2, 0.25) is 0 Å². The van der Waals surface area contributed by atoms with Crippen molar-refractivity contribution in [3.05, 3.63) is 23.9 Å². The first-order chi connectivity index (χ1) is 12.3. The third-order valence-corrected chi connectivity index (χ3v) is 4.22. The number of nitrogens with zero attached hydrogens (tertiary/aromatic N) is 3. The first kappa shape index (κ1) is 19.5. The van der Waals surface area contributed by atoms with Gasteiger partial charge in [0.05, 0.1) is 25.5 Å². The molecule has 1 aliphatic heterocycles. The Morgan fingerprint density at radius 1 is 1.28 bits per heavy atom. The second-order valence-corrected chi connectivity index (χ2v) is 5.98. The second-order valence-electron chi connectivity index (χ2n) is 5.98. The zero-order valence-corrected chi connectivity index (χ0v) is 15.5. The van der Waals surface area contributed by atoms with E-state index in [0.717, 1.165) is 57.2 Å². The molecule has 140 valence electrons. The number of hydrogen-bond donors (Lipinski definition) is 1. The van der Waals surface area contributed by atoms with E-state index in [-0.39, 0.29) is 0 Å². The van der Waals surface area contributed by atoms with Gasteiger partial charge < -0.3 is 24.4 Å². The lowest BCUT2D eigenvalue weighted by molar-refractivity contribution is 0.00989. The lowest BCUT2D eigenvalue weighted by atomic mass is 10.1. The highest BCUT2D eigenvalue weighted by Crippen LogP contribution is 2.14. The second kappa shape index (κ2) is 10.9. The van der Waals surface area contributed by atoms with Crippen molar-refractivity contribution in [3.63, 3.8) is 0 Å². The van der Waals surface area contributed by atoms with Gasteiger partial charge in [0.2, 0.25) is 5.88 Å². The van der Waals surface area contributed by atoms with E-state index in [2.05, 4.69) is 20.2 Å². The summed E-state index contributed by atoms with van der Waals surface area (Å²) in [5.41, 5.74) is 0.928. The maximum Gasteiger partial charge on any atom is 0.213 e. The van der Waals surface area contributed by atoms with E-state index in [9.17, 15) is 0 Å². The van der Waals surface area contributed by atoms with Crippen LogP contribution >= 0.6 is 0 Å². The Labute approximate surface area is 150 Å². The Bertz CT molecular complexity index is 531. The molecule has 0 aliphatic carbocycles. The number of likely N-dealkylation sites (tertiary alicyclic amines) is 1. The van der Waals surface area contributed by atoms with Gasteiger partial charge in [-0.15, -0.1) is 0 Å². The molecule has 0 aromatic carbocycles. The number of rotatable bonds is 8. The van der Waals surface area contributed by atoms with Crippen LogP contribution in [0.3, 0.4) is 0 Å². The predicted octanol–water partition coefficient (Wildman–Crippen LogP) is 1.68. The summed E-state index contributed by atoms with van der Waals surface area (Å²) in [6, 6.07) is 5.76. The number of aromatic nitrogens is 1. The third-order valence-electron chi connectivity index (χ3n) is 4.22. The molecule has 7 heteroatoms. The summed E-state index contributed by atoms with van der Waals surface area (Å²) in [6.07, 6.45) is 3.33. The van der Waals surface area contributed by atoms with Crippen LogP contribution in [0.25, 0.3) is 0 Å². The van der Waals surface area contributed by atoms with Crippen LogP contribution in [0.5, 0.6) is 5.88 Å². The van der Waals surface area contributed by atoms with E-state index < -0.39 is 0 Å². The highest BCUT2D eigenvalue weighted by atomic mass is 16.5. The number of pyridine rings is 1. The summed E-state index contributed by atoms with van der Waals surface area (Å²) < 4.78 is 16.1. The minimum Gasteiger partial charge on any atom is -0.481 e. The van der Waals surface area contributed by atoms with Gasteiger partial charge in [-0.1, -0.05) is 6.07 Å². The van der Waals surface area contributed by atoms with Crippen LogP contribution in [-0.2, 0) is 16.0 Å². The first-order valence-corrected chi connectivity index (χ1v) is 8.83. The minimum absolute atomic E-state index is 0.339. The van der Waals surface area contributed by atoms with Crippen molar-refractivity contribution in [2.24, 2.45) is 4.99 Å². The zero-order valence-electron chi connectivity index (χ0n) is 15.5. The number of hydrogen-bond acceptors (Lipinski definition) is 5. The molecule has 2 heterocycles. The van der Waals surface area contributed by atoms with E-state index >= 15 is 0 Å². The molecule has 0 saturated carbocycles. The lowest BCUT2D eigenvalue weighted by Crippen LogP contribution is -2.46. The molecule has 0 bridgehead atoms. The average Bonchev–Trinajstić information content (AvgIpc) is 2.67. The maximum atomic E-state index is 5.91. The predicted molar refractivity (Wildman–Crippen MR) is 98.0 cm³/mol. The number of guanidine groups is 1. The molecule has 7 nitrogen and oxygen atoms in total. The van der Waals surface area contributed by atoms with Gasteiger partial charge in [0, 0.05) is 46.5 Å². The van der Waals surface area contributed by atoms with Crippen molar-refractivity contribution in [3.8, 4) is 5.88 Å². The van der Waals surface area contributed by atoms with Crippen LogP contribution < -0.4 is 10.1 Å². The lowest BCUT2D eigenvalue weighted by Gasteiger charge is -2.34. The van der Waals surface area contributed by atoms with Crippen molar-refractivity contribution < 1.29 is 14.2 Å². The number of aliphatic imine (C=N–C) groups is 1. The first-order valence-electron chi connectivity index (χ1n) is 8.83. The standard InChI is InChI=1S/C18H30N4O3/c1-19-18(20-14-15-6-4-7-17(21-15)24-3)22-10-8-16(9-11-22)25-13-5-12-23-2/h4,6-7,16H,5,8-14H2,1-3H3,(H,19,20). The van der Waals surface area contributed by atoms with Gasteiger partial charge in [-0.2, -0.15) is 0 Å². The Morgan fingerprint density at radius 3 is 2.76 bits per heavy atom. The van der Waals surface area contributed by atoms with Gasteiger partial charge in [0.25, 0.3) is 0 Å². The summed E-state index contributed by atoms with van der Waals surface area (Å²) >= 11 is 0. The van der Waals surface area contributed by atoms with Gasteiger partial charge in [-0.25, -0.2) is 4.98 Å². The van der Waals surface area contributed by atoms with Crippen LogP contribution in [0.15, 0.2) is 23.2 Å². The molecule has 2 rings (SSSR count). The van der Waals surface area contributed by atoms with Crippen molar-refractivity contribution in [2.45, 2.75) is 31.9 Å². The van der Waals surface area contributed by atoms with Crippen molar-refractivity contribution >= 4 is 5.96 Å². The number of methoxy groups -OCH3 is 2. The zero-order chi connectivity index (χ0) is 17.9. The molecule has 25 heavy (non-hydrogen) atoms. The Hall–Kier alpha value is -1.86. The van der Waals surface area contributed by atoms with E-state index in [1.54, 1.807) is 14.2 Å². The maximum absolute atomic E-state index is 5.91. The molecule has 1 aromatic heterocycles. The smallest absolute Gasteiger partial charge is 0.213 e. The molecule has 1 aromatic rings. The number of nitrogens with one attached hydrogen (secondary N) is 1. The highest BCUT2D eigenvalue weighted by Gasteiger charge is 2.21. The Morgan fingerprint density at radius 2 is 2.08 bits per heavy atom. The fourth-order valence-electron chi connectivity index (χ4n) is 2.86. The van der Waals surface area contributed by atoms with E-state index in [1.807, 2.05) is 25.2 Å². The molecule has 0 spiro atoms. The van der Waals surface area contributed by atoms with Gasteiger partial charge in [0.15, 0.2) is 5.96 Å². The number of piperidine rings is 1. The molecule has 0 radical (unpaired) electrons. The monoisotopic (exact) mass is 350 g/mol. The molecule has 1 fully saturated rings. The van der Waals surface area contributed by atoms with Crippen LogP contribution in [-0.4, -0.2) is 69.5 Å². The minimum atomic E-state index is 0.339. The van der Waals surface area contributed by atoms with Crippen LogP contribution in [0.4, 0.5) is 0 Å². The fourth-order valence-corrected chi connectivity index (χ4v) is 2.86. The van der Waals surface area contributed by atoms with E-state index in [0.29, 0.717) is 18.5 Å². The molecule has 0 atom stereocenters. The van der Waals surface area contributed by atoms with Crippen molar-refractivity contribution in [1.82, 2.24) is 15.2 Å². The average molecular weight is 350 g/mol. The van der Waals surface area contributed by atoms with Crippen molar-refractivity contribution in [1.29, 1.82) is 0 Å². The molecule has 1 saturated heterocycles. The van der Waals surface area contributed by atoms with E-state index in [4.69, 9.17) is 14.2 Å². The molecule has 1 aliphatic rings. The van der Waals surface area contributed by atoms with Gasteiger partial charge in [-0.3, -0.25) is 4.99 Å². The molecule has 0 unspecified atom stereocenters. The number of ether oxygens (including phenoxy) is 3. The van der Waals surface area contributed by atoms with E-state index in [1.165, 1.54) is 0 Å². The molecular formula is C18H30N4O3. The van der Waals surface area contributed by atoms with Gasteiger partial charge in [0.1, 0.15) is 0 Å². The molecular weight excluding hydrogens is 320 g/mol. The Balaban J connectivity index is 1.74. The van der Waals surface area contributed by atoms with Crippen molar-refractivity contribution in [2.75, 3.05) is 47.6 Å². The fraction of sp³-hybridized carbons (Fsp3) is 0.667. The normalized spacial score (nSPS) is 16.1. The summed E-state index contributed by atoms with van der Waals surface area (Å²) in [5, 5.41) is 3.38.